The second kappa shape index (κ2) is 3.81. The van der Waals surface area contributed by atoms with E-state index in [4.69, 9.17) is 0 Å². The van der Waals surface area contributed by atoms with Gasteiger partial charge < -0.3 is 5.11 Å². The van der Waals surface area contributed by atoms with Gasteiger partial charge in [0.1, 0.15) is 11.1 Å². The molecule has 2 aromatic heterocycles. The molecule has 0 bridgehead atoms. The van der Waals surface area contributed by atoms with Gasteiger partial charge in [-0.15, -0.1) is 21.5 Å². The second-order valence-electron chi connectivity index (χ2n) is 2.79. The molecule has 0 aliphatic heterocycles. The fraction of sp³-hybridized carbons (Fsp3) is 0.429. The van der Waals surface area contributed by atoms with Crippen molar-refractivity contribution in [2.45, 2.75) is 12.5 Å². The molecule has 2 aromatic rings. The summed E-state index contributed by atoms with van der Waals surface area (Å²) >= 11 is 1.41. The molecule has 0 radical (unpaired) electrons. The molecule has 0 saturated heterocycles. The third kappa shape index (κ3) is 1.94. The van der Waals surface area contributed by atoms with E-state index >= 15 is 0 Å². The minimum atomic E-state index is -0.640. The number of aryl methyl sites for hydroxylation is 1. The maximum Gasteiger partial charge on any atom is 0.177 e. The molecule has 14 heavy (non-hydrogen) atoms. The van der Waals surface area contributed by atoms with Gasteiger partial charge in [-0.25, -0.2) is 4.98 Å². The van der Waals surface area contributed by atoms with Gasteiger partial charge in [0.15, 0.2) is 5.82 Å². The summed E-state index contributed by atoms with van der Waals surface area (Å²) in [4.78, 5) is 5.37. The van der Waals surface area contributed by atoms with Crippen molar-refractivity contribution >= 4 is 11.3 Å². The molecule has 0 fully saturated rings. The van der Waals surface area contributed by atoms with E-state index in [-0.39, 0.29) is 0 Å². The third-order valence-electron chi connectivity index (χ3n) is 1.66. The Bertz CT molecular complexity index is 398. The maximum absolute atomic E-state index is 9.70. The van der Waals surface area contributed by atoms with Gasteiger partial charge in [0, 0.05) is 18.0 Å². The average molecular weight is 211 g/mol. The smallest absolute Gasteiger partial charge is 0.177 e. The Morgan fingerprint density at radius 2 is 2.50 bits per heavy atom. The van der Waals surface area contributed by atoms with Crippen LogP contribution in [-0.4, -0.2) is 30.3 Å². The van der Waals surface area contributed by atoms with E-state index in [1.807, 2.05) is 5.38 Å². The number of nitrogens with zero attached hydrogens (tertiary/aromatic N) is 5. The molecular weight excluding hydrogens is 202 g/mol. The highest BCUT2D eigenvalue weighted by atomic mass is 32.1. The first-order chi connectivity index (χ1) is 6.75. The summed E-state index contributed by atoms with van der Waals surface area (Å²) in [7, 11) is 1.69. The van der Waals surface area contributed by atoms with Crippen LogP contribution in [0.25, 0.3) is 0 Å². The summed E-state index contributed by atoms with van der Waals surface area (Å²) in [5, 5.41) is 23.6. The lowest BCUT2D eigenvalue weighted by atomic mass is 10.2. The molecule has 2 heterocycles. The van der Waals surface area contributed by atoms with Crippen molar-refractivity contribution in [1.29, 1.82) is 0 Å². The van der Waals surface area contributed by atoms with E-state index in [2.05, 4.69) is 20.4 Å². The lowest BCUT2D eigenvalue weighted by Gasteiger charge is -2.02. The number of rotatable bonds is 3. The molecular formula is C7H9N5OS. The number of tetrazole rings is 1. The summed E-state index contributed by atoms with van der Waals surface area (Å²) in [5.74, 6) is 0.523. The van der Waals surface area contributed by atoms with E-state index in [1.165, 1.54) is 16.1 Å². The Labute approximate surface area is 84.2 Å². The third-order valence-corrected chi connectivity index (χ3v) is 2.54. The monoisotopic (exact) mass is 211 g/mol. The number of hydrogen-bond donors (Lipinski definition) is 1. The highest BCUT2D eigenvalue weighted by molar-refractivity contribution is 7.09. The van der Waals surface area contributed by atoms with Crippen LogP contribution in [0.1, 0.15) is 16.9 Å². The zero-order valence-electron chi connectivity index (χ0n) is 7.53. The summed E-state index contributed by atoms with van der Waals surface area (Å²) in [5.41, 5.74) is 0. The maximum atomic E-state index is 9.70. The average Bonchev–Trinajstić information content (AvgIpc) is 2.75. The highest BCUT2D eigenvalue weighted by Crippen LogP contribution is 2.17. The van der Waals surface area contributed by atoms with Crippen LogP contribution in [0.4, 0.5) is 0 Å². The zero-order valence-corrected chi connectivity index (χ0v) is 8.35. The molecule has 0 aromatic carbocycles. The van der Waals surface area contributed by atoms with Crippen LogP contribution in [0, 0.1) is 0 Å². The van der Waals surface area contributed by atoms with Gasteiger partial charge in [-0.2, -0.15) is 4.80 Å². The predicted molar refractivity (Wildman–Crippen MR) is 49.6 cm³/mol. The van der Waals surface area contributed by atoms with E-state index in [0.29, 0.717) is 17.3 Å². The molecule has 6 nitrogen and oxygen atoms in total. The molecule has 2 rings (SSSR count). The van der Waals surface area contributed by atoms with Crippen LogP contribution in [0.2, 0.25) is 0 Å². The topological polar surface area (TPSA) is 76.7 Å². The first-order valence-corrected chi connectivity index (χ1v) is 4.94. The van der Waals surface area contributed by atoms with Gasteiger partial charge in [-0.3, -0.25) is 0 Å². The van der Waals surface area contributed by atoms with E-state index in [9.17, 15) is 5.11 Å². The fourth-order valence-corrected chi connectivity index (χ4v) is 1.69. The molecule has 0 aliphatic rings. The first-order valence-electron chi connectivity index (χ1n) is 4.06. The van der Waals surface area contributed by atoms with Gasteiger partial charge in [-0.05, 0) is 5.21 Å². The molecule has 0 amide bonds. The number of hydrogen-bond acceptors (Lipinski definition) is 6. The number of aliphatic hydroxyl groups excluding tert-OH is 1. The van der Waals surface area contributed by atoms with Crippen LogP contribution in [0.5, 0.6) is 0 Å². The molecule has 0 saturated carbocycles. The predicted octanol–water partition coefficient (Wildman–Crippen LogP) is -0.0573. The summed E-state index contributed by atoms with van der Waals surface area (Å²) < 4.78 is 0. The number of aliphatic hydroxyl groups is 1. The van der Waals surface area contributed by atoms with Crippen molar-refractivity contribution in [1.82, 2.24) is 25.2 Å². The second-order valence-corrected chi connectivity index (χ2v) is 3.71. The summed E-state index contributed by atoms with van der Waals surface area (Å²) in [6.45, 7) is 0. The van der Waals surface area contributed by atoms with E-state index < -0.39 is 6.10 Å². The van der Waals surface area contributed by atoms with Crippen LogP contribution in [0.15, 0.2) is 11.6 Å². The van der Waals surface area contributed by atoms with Gasteiger partial charge in [0.25, 0.3) is 0 Å². The van der Waals surface area contributed by atoms with Crippen LogP contribution >= 0.6 is 11.3 Å². The van der Waals surface area contributed by atoms with Crippen molar-refractivity contribution < 1.29 is 5.11 Å². The molecule has 1 unspecified atom stereocenters. The summed E-state index contributed by atoms with van der Waals surface area (Å²) in [6.07, 6.45) is 1.37. The Hall–Kier alpha value is -1.34. The number of aromatic nitrogens is 5. The van der Waals surface area contributed by atoms with Crippen molar-refractivity contribution in [2.75, 3.05) is 0 Å². The standard InChI is InChI=1S/C7H9N5OS/c1-12-10-6(9-11-12)4-5(13)7-8-2-3-14-7/h2-3,5,13H,4H2,1H3. The molecule has 7 heteroatoms. The number of thiazole rings is 1. The highest BCUT2D eigenvalue weighted by Gasteiger charge is 2.13. The van der Waals surface area contributed by atoms with E-state index in [0.717, 1.165) is 0 Å². The molecule has 0 spiro atoms. The van der Waals surface area contributed by atoms with Crippen molar-refractivity contribution in [3.05, 3.63) is 22.4 Å². The quantitative estimate of drug-likeness (QED) is 0.769. The van der Waals surface area contributed by atoms with Crippen molar-refractivity contribution in [2.24, 2.45) is 7.05 Å². The fourth-order valence-electron chi connectivity index (χ4n) is 1.06. The Kier molecular flexibility index (Phi) is 2.51. The first kappa shape index (κ1) is 9.22. The zero-order chi connectivity index (χ0) is 9.97. The van der Waals surface area contributed by atoms with Crippen molar-refractivity contribution in [3.63, 3.8) is 0 Å². The lowest BCUT2D eigenvalue weighted by Crippen LogP contribution is -2.03. The van der Waals surface area contributed by atoms with Crippen molar-refractivity contribution in [3.8, 4) is 0 Å². The normalized spacial score (nSPS) is 13.0. The minimum Gasteiger partial charge on any atom is -0.385 e. The SMILES string of the molecule is Cn1nnc(CC(O)c2nccs2)n1. The van der Waals surface area contributed by atoms with Crippen LogP contribution in [-0.2, 0) is 13.5 Å². The minimum absolute atomic E-state index is 0.349. The Morgan fingerprint density at radius 3 is 3.07 bits per heavy atom. The molecule has 0 aliphatic carbocycles. The largest absolute Gasteiger partial charge is 0.385 e. The van der Waals surface area contributed by atoms with Gasteiger partial charge in [0.2, 0.25) is 0 Å². The summed E-state index contributed by atoms with van der Waals surface area (Å²) in [6, 6.07) is 0. The van der Waals surface area contributed by atoms with Crippen LogP contribution < -0.4 is 0 Å². The van der Waals surface area contributed by atoms with E-state index in [1.54, 1.807) is 13.2 Å². The molecule has 1 N–H and O–H groups in total. The van der Waals surface area contributed by atoms with Crippen LogP contribution in [0.3, 0.4) is 0 Å². The van der Waals surface area contributed by atoms with Gasteiger partial charge in [-0.1, -0.05) is 0 Å². The Balaban J connectivity index is 2.05. The molecule has 1 atom stereocenters. The Morgan fingerprint density at radius 1 is 1.64 bits per heavy atom. The van der Waals surface area contributed by atoms with Gasteiger partial charge in [0.05, 0.1) is 7.05 Å². The van der Waals surface area contributed by atoms with Gasteiger partial charge >= 0.3 is 0 Å². The molecule has 74 valence electrons. The lowest BCUT2D eigenvalue weighted by molar-refractivity contribution is 0.175.